The summed E-state index contributed by atoms with van der Waals surface area (Å²) in [4.78, 5) is 11.3. The largest absolute Gasteiger partial charge is 0.371 e. The molecule has 0 aromatic carbocycles. The molecule has 0 aliphatic rings. The van der Waals surface area contributed by atoms with E-state index < -0.39 is 11.8 Å². The van der Waals surface area contributed by atoms with Crippen LogP contribution < -0.4 is 10.6 Å². The first kappa shape index (κ1) is 17.3. The zero-order chi connectivity index (χ0) is 14.2. The Kier molecular flexibility index (Phi) is 8.11. The van der Waals surface area contributed by atoms with Gasteiger partial charge in [0.25, 0.3) is 0 Å². The van der Waals surface area contributed by atoms with Gasteiger partial charge in [0.2, 0.25) is 5.91 Å². The Labute approximate surface area is 110 Å². The molecule has 0 spiro atoms. The molecule has 0 aromatic heterocycles. The Morgan fingerprint density at radius 1 is 1.39 bits per heavy atom. The Hall–Kier alpha value is -0.680. The highest BCUT2D eigenvalue weighted by Crippen LogP contribution is 2.17. The number of halogens is 1. The van der Waals surface area contributed by atoms with E-state index in [0.717, 1.165) is 6.54 Å². The van der Waals surface area contributed by atoms with E-state index in [1.165, 1.54) is 0 Å². The normalized spacial score (nSPS) is 13.7. The molecule has 1 unspecified atom stereocenters. The minimum absolute atomic E-state index is 0.00871. The first-order chi connectivity index (χ1) is 8.31. The van der Waals surface area contributed by atoms with Gasteiger partial charge in [0.05, 0.1) is 18.8 Å². The van der Waals surface area contributed by atoms with Gasteiger partial charge in [0.1, 0.15) is 6.17 Å². The fraction of sp³-hybridized carbons (Fsp3) is 0.923. The van der Waals surface area contributed by atoms with E-state index in [-0.39, 0.29) is 18.4 Å². The number of ether oxygens (including phenoxy) is 1. The predicted octanol–water partition coefficient (Wildman–Crippen LogP) is 1.50. The Morgan fingerprint density at radius 2 is 2.00 bits per heavy atom. The second kappa shape index (κ2) is 8.43. The fourth-order valence-electron chi connectivity index (χ4n) is 1.29. The van der Waals surface area contributed by atoms with Gasteiger partial charge in [0, 0.05) is 12.5 Å². The molecule has 0 radical (unpaired) electrons. The van der Waals surface area contributed by atoms with Gasteiger partial charge >= 0.3 is 0 Å². The number of rotatable bonds is 9. The lowest BCUT2D eigenvalue weighted by atomic mass is 10.0. The predicted molar refractivity (Wildman–Crippen MR) is 71.3 cm³/mol. The molecule has 4 nitrogen and oxygen atoms in total. The van der Waals surface area contributed by atoms with Crippen molar-refractivity contribution in [2.45, 2.75) is 46.4 Å². The van der Waals surface area contributed by atoms with Crippen LogP contribution in [0.25, 0.3) is 0 Å². The number of hydrogen-bond acceptors (Lipinski definition) is 3. The summed E-state index contributed by atoms with van der Waals surface area (Å²) in [5, 5.41) is 5.69. The van der Waals surface area contributed by atoms with Crippen LogP contribution in [-0.2, 0) is 9.53 Å². The van der Waals surface area contributed by atoms with Gasteiger partial charge in [-0.2, -0.15) is 0 Å². The molecule has 0 aromatic rings. The first-order valence-corrected chi connectivity index (χ1v) is 6.57. The zero-order valence-corrected chi connectivity index (χ0v) is 12.2. The van der Waals surface area contributed by atoms with E-state index in [1.807, 2.05) is 6.92 Å². The summed E-state index contributed by atoms with van der Waals surface area (Å²) in [7, 11) is 0. The van der Waals surface area contributed by atoms with Crippen molar-refractivity contribution in [1.29, 1.82) is 0 Å². The summed E-state index contributed by atoms with van der Waals surface area (Å²) in [6, 6.07) is 0. The summed E-state index contributed by atoms with van der Waals surface area (Å²) in [5.41, 5.74) is -0.889. The van der Waals surface area contributed by atoms with Crippen LogP contribution >= 0.6 is 0 Å². The monoisotopic (exact) mass is 262 g/mol. The number of carbonyl (C=O) groups is 1. The van der Waals surface area contributed by atoms with Crippen LogP contribution in [0, 0.1) is 5.92 Å². The maximum atomic E-state index is 14.0. The van der Waals surface area contributed by atoms with E-state index in [2.05, 4.69) is 10.6 Å². The van der Waals surface area contributed by atoms with Crippen molar-refractivity contribution in [1.82, 2.24) is 10.6 Å². The number of amides is 1. The molecule has 5 heteroatoms. The summed E-state index contributed by atoms with van der Waals surface area (Å²) in [6.07, 6.45) is -1.22. The molecule has 0 fully saturated rings. The molecular weight excluding hydrogens is 235 g/mol. The molecule has 2 N–H and O–H groups in total. The number of hydrogen-bond donors (Lipinski definition) is 2. The van der Waals surface area contributed by atoms with Gasteiger partial charge in [-0.1, -0.05) is 20.8 Å². The Balaban J connectivity index is 3.97. The highest BCUT2D eigenvalue weighted by molar-refractivity contribution is 5.77. The molecule has 108 valence electrons. The minimum atomic E-state index is -1.22. The standard InChI is InChI=1S/C13H27FN2O2/c1-6-15-7-8-18-13(4,5)11(14)9-16-12(17)10(2)3/h10-11,15H,6-9H2,1-5H3,(H,16,17). The summed E-state index contributed by atoms with van der Waals surface area (Å²) < 4.78 is 19.5. The van der Waals surface area contributed by atoms with Gasteiger partial charge in [-0.15, -0.1) is 0 Å². The average Bonchev–Trinajstić information content (AvgIpc) is 2.30. The molecule has 0 saturated carbocycles. The second-order valence-corrected chi connectivity index (χ2v) is 5.17. The smallest absolute Gasteiger partial charge is 0.222 e. The molecule has 0 saturated heterocycles. The zero-order valence-electron chi connectivity index (χ0n) is 12.2. The summed E-state index contributed by atoms with van der Waals surface area (Å²) in [6.45, 7) is 11.0. The van der Waals surface area contributed by atoms with Crippen molar-refractivity contribution in [2.24, 2.45) is 5.92 Å². The topological polar surface area (TPSA) is 50.4 Å². The van der Waals surface area contributed by atoms with Gasteiger partial charge in [-0.25, -0.2) is 4.39 Å². The third-order valence-electron chi connectivity index (χ3n) is 2.74. The number of likely N-dealkylation sites (N-methyl/N-ethyl adjacent to an activating group) is 1. The molecule has 1 amide bonds. The van der Waals surface area contributed by atoms with Crippen molar-refractivity contribution in [2.75, 3.05) is 26.2 Å². The quantitative estimate of drug-likeness (QED) is 0.619. The SMILES string of the molecule is CCNCCOC(C)(C)C(F)CNC(=O)C(C)C. The molecule has 0 heterocycles. The lowest BCUT2D eigenvalue weighted by Crippen LogP contribution is -2.45. The molecule has 1 atom stereocenters. The van der Waals surface area contributed by atoms with E-state index in [1.54, 1.807) is 27.7 Å². The molecule has 0 aliphatic carbocycles. The van der Waals surface area contributed by atoms with E-state index in [9.17, 15) is 9.18 Å². The lowest BCUT2D eigenvalue weighted by molar-refractivity contribution is -0.125. The lowest BCUT2D eigenvalue weighted by Gasteiger charge is -2.29. The molecule has 18 heavy (non-hydrogen) atoms. The average molecular weight is 262 g/mol. The van der Waals surface area contributed by atoms with Gasteiger partial charge in [-0.05, 0) is 20.4 Å². The Morgan fingerprint density at radius 3 is 2.50 bits per heavy atom. The van der Waals surface area contributed by atoms with Gasteiger partial charge in [-0.3, -0.25) is 4.79 Å². The third kappa shape index (κ3) is 6.91. The van der Waals surface area contributed by atoms with E-state index in [4.69, 9.17) is 4.74 Å². The Bertz CT molecular complexity index is 245. The van der Waals surface area contributed by atoms with Crippen molar-refractivity contribution < 1.29 is 13.9 Å². The van der Waals surface area contributed by atoms with Crippen molar-refractivity contribution >= 4 is 5.91 Å². The van der Waals surface area contributed by atoms with Crippen LogP contribution in [-0.4, -0.2) is 43.9 Å². The van der Waals surface area contributed by atoms with E-state index in [0.29, 0.717) is 13.2 Å². The van der Waals surface area contributed by atoms with Gasteiger partial charge < -0.3 is 15.4 Å². The van der Waals surface area contributed by atoms with E-state index >= 15 is 0 Å². The van der Waals surface area contributed by atoms with Crippen LogP contribution in [0.2, 0.25) is 0 Å². The first-order valence-electron chi connectivity index (χ1n) is 6.57. The molecule has 0 rings (SSSR count). The maximum absolute atomic E-state index is 14.0. The fourth-order valence-corrected chi connectivity index (χ4v) is 1.29. The maximum Gasteiger partial charge on any atom is 0.222 e. The van der Waals surface area contributed by atoms with Crippen LogP contribution in [0.5, 0.6) is 0 Å². The minimum Gasteiger partial charge on any atom is -0.371 e. The molecule has 0 aliphatic heterocycles. The van der Waals surface area contributed by atoms with Crippen LogP contribution in [0.15, 0.2) is 0 Å². The van der Waals surface area contributed by atoms with Crippen LogP contribution in [0.1, 0.15) is 34.6 Å². The van der Waals surface area contributed by atoms with Crippen LogP contribution in [0.4, 0.5) is 4.39 Å². The van der Waals surface area contributed by atoms with Crippen molar-refractivity contribution in [3.05, 3.63) is 0 Å². The van der Waals surface area contributed by atoms with Crippen molar-refractivity contribution in [3.8, 4) is 0 Å². The van der Waals surface area contributed by atoms with Gasteiger partial charge in [0.15, 0.2) is 0 Å². The van der Waals surface area contributed by atoms with Crippen LogP contribution in [0.3, 0.4) is 0 Å². The molecule has 0 bridgehead atoms. The summed E-state index contributed by atoms with van der Waals surface area (Å²) >= 11 is 0. The highest BCUT2D eigenvalue weighted by Gasteiger charge is 2.30. The number of carbonyl (C=O) groups excluding carboxylic acids is 1. The third-order valence-corrected chi connectivity index (χ3v) is 2.74. The second-order valence-electron chi connectivity index (χ2n) is 5.17. The molecular formula is C13H27FN2O2. The summed E-state index contributed by atoms with van der Waals surface area (Å²) in [5.74, 6) is -0.268. The number of nitrogens with one attached hydrogen (secondary N) is 2. The highest BCUT2D eigenvalue weighted by atomic mass is 19.1. The van der Waals surface area contributed by atoms with Crippen molar-refractivity contribution in [3.63, 3.8) is 0 Å². The number of alkyl halides is 1.